The van der Waals surface area contributed by atoms with Gasteiger partial charge in [-0.25, -0.2) is 0 Å². The molecule has 3 rings (SSSR count). The van der Waals surface area contributed by atoms with Gasteiger partial charge in [-0.2, -0.15) is 0 Å². The minimum absolute atomic E-state index is 0.311. The third kappa shape index (κ3) is 1.85. The van der Waals surface area contributed by atoms with Crippen LogP contribution in [0.25, 0.3) is 0 Å². The zero-order valence-electron chi connectivity index (χ0n) is 8.96. The Balaban J connectivity index is 1.87. The molecule has 86 valence electrons. The summed E-state index contributed by atoms with van der Waals surface area (Å²) in [6.45, 7) is 2.51. The van der Waals surface area contributed by atoms with Crippen molar-refractivity contribution in [3.05, 3.63) is 22.7 Å². The molecule has 0 amide bonds. The Kier molecular flexibility index (Phi) is 2.65. The predicted molar refractivity (Wildman–Crippen MR) is 62.3 cm³/mol. The van der Waals surface area contributed by atoms with Crippen molar-refractivity contribution in [2.75, 3.05) is 19.9 Å². The van der Waals surface area contributed by atoms with E-state index in [-0.39, 0.29) is 0 Å². The summed E-state index contributed by atoms with van der Waals surface area (Å²) in [4.78, 5) is 0. The molecule has 16 heavy (non-hydrogen) atoms. The zero-order valence-corrected chi connectivity index (χ0v) is 9.72. The van der Waals surface area contributed by atoms with Gasteiger partial charge in [0.05, 0.1) is 0 Å². The van der Waals surface area contributed by atoms with Crippen LogP contribution in [0.4, 0.5) is 0 Å². The molecule has 1 N–H and O–H groups in total. The van der Waals surface area contributed by atoms with Gasteiger partial charge in [0.1, 0.15) is 0 Å². The molecule has 0 aliphatic carbocycles. The molecule has 0 radical (unpaired) electrons. The molecule has 2 heterocycles. The van der Waals surface area contributed by atoms with Crippen LogP contribution in [0.1, 0.15) is 12.0 Å². The maximum absolute atomic E-state index is 6.06. The molecule has 1 fully saturated rings. The SMILES string of the molecule is Clc1cc(CC2CCNC2)c2c(c1)OCO2. The van der Waals surface area contributed by atoms with E-state index in [4.69, 9.17) is 21.1 Å². The fourth-order valence-corrected chi connectivity index (χ4v) is 2.63. The van der Waals surface area contributed by atoms with E-state index in [1.807, 2.05) is 12.1 Å². The molecule has 3 nitrogen and oxygen atoms in total. The van der Waals surface area contributed by atoms with E-state index in [0.29, 0.717) is 12.7 Å². The Labute approximate surface area is 99.7 Å². The van der Waals surface area contributed by atoms with E-state index in [0.717, 1.165) is 36.0 Å². The van der Waals surface area contributed by atoms with Crippen molar-refractivity contribution in [2.24, 2.45) is 5.92 Å². The van der Waals surface area contributed by atoms with Gasteiger partial charge < -0.3 is 14.8 Å². The Morgan fingerprint density at radius 1 is 1.38 bits per heavy atom. The van der Waals surface area contributed by atoms with Crippen LogP contribution in [0.5, 0.6) is 11.5 Å². The number of benzene rings is 1. The number of ether oxygens (including phenoxy) is 2. The van der Waals surface area contributed by atoms with E-state index in [2.05, 4.69) is 5.32 Å². The van der Waals surface area contributed by atoms with Crippen molar-refractivity contribution in [3.8, 4) is 11.5 Å². The van der Waals surface area contributed by atoms with Crippen LogP contribution in [0, 0.1) is 5.92 Å². The molecule has 1 aromatic carbocycles. The molecular weight excluding hydrogens is 226 g/mol. The molecule has 2 aliphatic rings. The molecule has 1 atom stereocenters. The van der Waals surface area contributed by atoms with E-state index in [1.54, 1.807) is 0 Å². The summed E-state index contributed by atoms with van der Waals surface area (Å²) in [5.74, 6) is 2.36. The van der Waals surface area contributed by atoms with Crippen LogP contribution in [-0.4, -0.2) is 19.9 Å². The molecule has 0 aromatic heterocycles. The molecule has 0 bridgehead atoms. The van der Waals surface area contributed by atoms with E-state index >= 15 is 0 Å². The quantitative estimate of drug-likeness (QED) is 0.859. The minimum atomic E-state index is 0.311. The first-order chi connectivity index (χ1) is 7.83. The van der Waals surface area contributed by atoms with E-state index in [1.165, 1.54) is 12.0 Å². The lowest BCUT2D eigenvalue weighted by Crippen LogP contribution is -2.11. The van der Waals surface area contributed by atoms with E-state index in [9.17, 15) is 0 Å². The van der Waals surface area contributed by atoms with Crippen molar-refractivity contribution >= 4 is 11.6 Å². The number of rotatable bonds is 2. The van der Waals surface area contributed by atoms with Gasteiger partial charge in [-0.15, -0.1) is 0 Å². The second kappa shape index (κ2) is 4.15. The second-order valence-corrected chi connectivity index (χ2v) is 4.80. The first-order valence-corrected chi connectivity index (χ1v) is 5.99. The minimum Gasteiger partial charge on any atom is -0.454 e. The largest absolute Gasteiger partial charge is 0.454 e. The molecule has 1 aromatic rings. The lowest BCUT2D eigenvalue weighted by atomic mass is 9.98. The van der Waals surface area contributed by atoms with Crippen molar-refractivity contribution < 1.29 is 9.47 Å². The van der Waals surface area contributed by atoms with Gasteiger partial charge in [0.2, 0.25) is 6.79 Å². The van der Waals surface area contributed by atoms with Gasteiger partial charge in [-0.05, 0) is 43.5 Å². The Hall–Kier alpha value is -0.930. The van der Waals surface area contributed by atoms with Crippen LogP contribution in [0.2, 0.25) is 5.02 Å². The van der Waals surface area contributed by atoms with Crippen LogP contribution in [0.3, 0.4) is 0 Å². The summed E-state index contributed by atoms with van der Waals surface area (Å²) in [5.41, 5.74) is 1.17. The van der Waals surface area contributed by atoms with Gasteiger partial charge in [0.15, 0.2) is 11.5 Å². The Bertz CT molecular complexity index is 402. The third-order valence-corrected chi connectivity index (χ3v) is 3.40. The van der Waals surface area contributed by atoms with Crippen LogP contribution < -0.4 is 14.8 Å². The maximum Gasteiger partial charge on any atom is 0.231 e. The third-order valence-electron chi connectivity index (χ3n) is 3.19. The molecule has 1 unspecified atom stereocenters. The highest BCUT2D eigenvalue weighted by Crippen LogP contribution is 2.39. The number of nitrogens with one attached hydrogen (secondary N) is 1. The fourth-order valence-electron chi connectivity index (χ4n) is 2.40. The topological polar surface area (TPSA) is 30.5 Å². The van der Waals surface area contributed by atoms with Crippen molar-refractivity contribution in [2.45, 2.75) is 12.8 Å². The van der Waals surface area contributed by atoms with Crippen molar-refractivity contribution in [1.29, 1.82) is 0 Å². The first-order valence-electron chi connectivity index (χ1n) is 5.61. The van der Waals surface area contributed by atoms with Gasteiger partial charge >= 0.3 is 0 Å². The highest BCUT2D eigenvalue weighted by Gasteiger charge is 2.22. The normalized spacial score (nSPS) is 22.7. The predicted octanol–water partition coefficient (Wildman–Crippen LogP) is 2.22. The second-order valence-electron chi connectivity index (χ2n) is 4.36. The summed E-state index contributed by atoms with van der Waals surface area (Å²) in [5, 5.41) is 4.10. The summed E-state index contributed by atoms with van der Waals surface area (Å²) in [6.07, 6.45) is 2.24. The molecule has 0 saturated carbocycles. The molecular formula is C12H14ClNO2. The number of fused-ring (bicyclic) bond motifs is 1. The summed E-state index contributed by atoms with van der Waals surface area (Å²) in [7, 11) is 0. The van der Waals surface area contributed by atoms with Crippen molar-refractivity contribution in [1.82, 2.24) is 5.32 Å². The van der Waals surface area contributed by atoms with Gasteiger partial charge in [-0.3, -0.25) is 0 Å². The van der Waals surface area contributed by atoms with Crippen LogP contribution >= 0.6 is 11.6 Å². The number of hydrogen-bond acceptors (Lipinski definition) is 3. The highest BCUT2D eigenvalue weighted by molar-refractivity contribution is 6.30. The van der Waals surface area contributed by atoms with Gasteiger partial charge in [0, 0.05) is 11.1 Å². The fraction of sp³-hybridized carbons (Fsp3) is 0.500. The number of halogens is 1. The van der Waals surface area contributed by atoms with Crippen LogP contribution in [-0.2, 0) is 6.42 Å². The maximum atomic E-state index is 6.06. The van der Waals surface area contributed by atoms with E-state index < -0.39 is 0 Å². The monoisotopic (exact) mass is 239 g/mol. The molecule has 1 saturated heterocycles. The van der Waals surface area contributed by atoms with Gasteiger partial charge in [-0.1, -0.05) is 11.6 Å². The molecule has 0 spiro atoms. The number of hydrogen-bond donors (Lipinski definition) is 1. The van der Waals surface area contributed by atoms with Crippen molar-refractivity contribution in [3.63, 3.8) is 0 Å². The zero-order chi connectivity index (χ0) is 11.0. The van der Waals surface area contributed by atoms with Crippen LogP contribution in [0.15, 0.2) is 12.1 Å². The smallest absolute Gasteiger partial charge is 0.231 e. The molecule has 4 heteroatoms. The average Bonchev–Trinajstić information content (AvgIpc) is 2.87. The standard InChI is InChI=1S/C12H14ClNO2/c13-10-4-9(3-8-1-2-14-6-8)12-11(5-10)15-7-16-12/h4-5,8,14H,1-3,6-7H2. The lowest BCUT2D eigenvalue weighted by Gasteiger charge is -2.11. The van der Waals surface area contributed by atoms with Gasteiger partial charge in [0.25, 0.3) is 0 Å². The Morgan fingerprint density at radius 2 is 2.31 bits per heavy atom. The average molecular weight is 240 g/mol. The summed E-state index contributed by atoms with van der Waals surface area (Å²) >= 11 is 6.06. The highest BCUT2D eigenvalue weighted by atomic mass is 35.5. The summed E-state index contributed by atoms with van der Waals surface area (Å²) < 4.78 is 10.9. The lowest BCUT2D eigenvalue weighted by molar-refractivity contribution is 0.173. The molecule has 2 aliphatic heterocycles. The summed E-state index contributed by atoms with van der Waals surface area (Å²) in [6, 6.07) is 3.81. The first kappa shape index (κ1) is 10.2. The Morgan fingerprint density at radius 3 is 3.12 bits per heavy atom.